The van der Waals surface area contributed by atoms with Crippen molar-refractivity contribution in [1.29, 1.82) is 0 Å². The van der Waals surface area contributed by atoms with Crippen molar-refractivity contribution in [2.75, 3.05) is 12.0 Å². The molecule has 0 saturated carbocycles. The Hall–Kier alpha value is -0.870. The standard InChI is InChI=1S/C15H25NO2S/c1-11(2)18-15-8-6-14(7-9-15)13(4)16-12(3)10-19(5)17/h6-9,11-13,16H,10H2,1-5H3. The lowest BCUT2D eigenvalue weighted by Crippen LogP contribution is -2.33. The van der Waals surface area contributed by atoms with E-state index < -0.39 is 10.8 Å². The predicted molar refractivity (Wildman–Crippen MR) is 82.2 cm³/mol. The number of ether oxygens (including phenoxy) is 1. The van der Waals surface area contributed by atoms with Crippen molar-refractivity contribution >= 4 is 10.8 Å². The molecule has 0 bridgehead atoms. The number of hydrogen-bond acceptors (Lipinski definition) is 3. The van der Waals surface area contributed by atoms with Crippen LogP contribution in [-0.4, -0.2) is 28.4 Å². The number of nitrogens with one attached hydrogen (secondary N) is 1. The van der Waals surface area contributed by atoms with Crippen molar-refractivity contribution in [3.05, 3.63) is 29.8 Å². The van der Waals surface area contributed by atoms with Gasteiger partial charge in [-0.15, -0.1) is 0 Å². The van der Waals surface area contributed by atoms with Crippen molar-refractivity contribution in [3.8, 4) is 5.75 Å². The lowest BCUT2D eigenvalue weighted by molar-refractivity contribution is 0.242. The molecule has 0 aliphatic rings. The third-order valence-corrected chi connectivity index (χ3v) is 3.74. The molecular weight excluding hydrogens is 258 g/mol. The summed E-state index contributed by atoms with van der Waals surface area (Å²) in [5.74, 6) is 1.58. The van der Waals surface area contributed by atoms with Gasteiger partial charge in [0.1, 0.15) is 5.75 Å². The molecule has 0 heterocycles. The highest BCUT2D eigenvalue weighted by Crippen LogP contribution is 2.18. The van der Waals surface area contributed by atoms with Gasteiger partial charge in [-0.25, -0.2) is 0 Å². The fourth-order valence-electron chi connectivity index (χ4n) is 2.03. The third-order valence-electron chi connectivity index (χ3n) is 2.77. The van der Waals surface area contributed by atoms with Crippen LogP contribution in [0.3, 0.4) is 0 Å². The molecule has 1 N–H and O–H groups in total. The van der Waals surface area contributed by atoms with Crippen molar-refractivity contribution in [3.63, 3.8) is 0 Å². The van der Waals surface area contributed by atoms with Crippen LogP contribution in [-0.2, 0) is 10.8 Å². The lowest BCUT2D eigenvalue weighted by atomic mass is 10.1. The van der Waals surface area contributed by atoms with E-state index in [4.69, 9.17) is 4.74 Å². The zero-order valence-corrected chi connectivity index (χ0v) is 13.3. The van der Waals surface area contributed by atoms with Crippen LogP contribution in [0, 0.1) is 0 Å². The summed E-state index contributed by atoms with van der Waals surface area (Å²) in [5.41, 5.74) is 1.21. The molecule has 3 atom stereocenters. The molecule has 0 amide bonds. The van der Waals surface area contributed by atoms with E-state index >= 15 is 0 Å². The highest BCUT2D eigenvalue weighted by molar-refractivity contribution is 7.84. The summed E-state index contributed by atoms with van der Waals surface area (Å²) in [6.07, 6.45) is 1.93. The quantitative estimate of drug-likeness (QED) is 0.836. The average Bonchev–Trinajstić information content (AvgIpc) is 2.27. The maximum Gasteiger partial charge on any atom is 0.119 e. The monoisotopic (exact) mass is 283 g/mol. The normalized spacial score (nSPS) is 16.1. The van der Waals surface area contributed by atoms with Gasteiger partial charge in [-0.3, -0.25) is 4.21 Å². The van der Waals surface area contributed by atoms with Gasteiger partial charge in [-0.05, 0) is 45.4 Å². The molecule has 3 nitrogen and oxygen atoms in total. The van der Waals surface area contributed by atoms with Gasteiger partial charge in [0.25, 0.3) is 0 Å². The average molecular weight is 283 g/mol. The minimum absolute atomic E-state index is 0.195. The molecule has 0 aliphatic carbocycles. The molecule has 0 radical (unpaired) electrons. The van der Waals surface area contributed by atoms with Gasteiger partial charge in [-0.2, -0.15) is 0 Å². The Morgan fingerprint density at radius 3 is 2.21 bits per heavy atom. The van der Waals surface area contributed by atoms with Crippen LogP contribution in [0.2, 0.25) is 0 Å². The SMILES string of the molecule is CC(CS(C)=O)NC(C)c1ccc(OC(C)C)cc1. The molecule has 0 saturated heterocycles. The maximum absolute atomic E-state index is 11.2. The minimum Gasteiger partial charge on any atom is -0.491 e. The molecule has 0 aliphatic heterocycles. The molecule has 1 aromatic carbocycles. The Labute approximate surface area is 119 Å². The van der Waals surface area contributed by atoms with Gasteiger partial charge in [0, 0.05) is 34.9 Å². The van der Waals surface area contributed by atoms with Crippen molar-refractivity contribution in [1.82, 2.24) is 5.32 Å². The second-order valence-corrected chi connectivity index (χ2v) is 6.74. The second kappa shape index (κ2) is 7.65. The Balaban J connectivity index is 2.57. The Morgan fingerprint density at radius 1 is 1.16 bits per heavy atom. The van der Waals surface area contributed by atoms with Gasteiger partial charge in [0.15, 0.2) is 0 Å². The van der Waals surface area contributed by atoms with Gasteiger partial charge in [0.05, 0.1) is 6.10 Å². The lowest BCUT2D eigenvalue weighted by Gasteiger charge is -2.20. The van der Waals surface area contributed by atoms with E-state index in [9.17, 15) is 4.21 Å². The first-order valence-corrected chi connectivity index (χ1v) is 8.44. The largest absolute Gasteiger partial charge is 0.491 e. The van der Waals surface area contributed by atoms with E-state index in [2.05, 4.69) is 31.3 Å². The molecular formula is C15H25NO2S. The third kappa shape index (κ3) is 6.21. The fraction of sp³-hybridized carbons (Fsp3) is 0.600. The van der Waals surface area contributed by atoms with Crippen LogP contribution < -0.4 is 10.1 Å². The van der Waals surface area contributed by atoms with Crippen molar-refractivity contribution < 1.29 is 8.95 Å². The van der Waals surface area contributed by atoms with E-state index in [1.165, 1.54) is 5.56 Å². The first-order chi connectivity index (χ1) is 8.88. The zero-order valence-electron chi connectivity index (χ0n) is 12.5. The smallest absolute Gasteiger partial charge is 0.119 e. The summed E-state index contributed by atoms with van der Waals surface area (Å²) in [6.45, 7) is 8.22. The Morgan fingerprint density at radius 2 is 1.74 bits per heavy atom. The first-order valence-electron chi connectivity index (χ1n) is 6.71. The summed E-state index contributed by atoms with van der Waals surface area (Å²) in [5, 5.41) is 3.45. The number of rotatable bonds is 7. The molecule has 0 aromatic heterocycles. The van der Waals surface area contributed by atoms with E-state index in [-0.39, 0.29) is 18.2 Å². The summed E-state index contributed by atoms with van der Waals surface area (Å²) in [7, 11) is -0.761. The van der Waals surface area contributed by atoms with Crippen LogP contribution in [0.5, 0.6) is 5.75 Å². The minimum atomic E-state index is -0.761. The predicted octanol–water partition coefficient (Wildman–Crippen LogP) is 2.89. The van der Waals surface area contributed by atoms with E-state index in [0.29, 0.717) is 5.75 Å². The fourth-order valence-corrected chi connectivity index (χ4v) is 2.83. The van der Waals surface area contributed by atoms with Crippen LogP contribution in [0.4, 0.5) is 0 Å². The molecule has 4 heteroatoms. The van der Waals surface area contributed by atoms with Crippen molar-refractivity contribution in [2.45, 2.75) is 45.9 Å². The van der Waals surface area contributed by atoms with Gasteiger partial charge in [-0.1, -0.05) is 12.1 Å². The summed E-state index contributed by atoms with van der Waals surface area (Å²) >= 11 is 0. The highest BCUT2D eigenvalue weighted by atomic mass is 32.2. The molecule has 19 heavy (non-hydrogen) atoms. The van der Waals surface area contributed by atoms with E-state index in [1.54, 1.807) is 6.26 Å². The maximum atomic E-state index is 11.2. The second-order valence-electron chi connectivity index (χ2n) is 5.26. The summed E-state index contributed by atoms with van der Waals surface area (Å²) in [4.78, 5) is 0. The molecule has 0 fully saturated rings. The van der Waals surface area contributed by atoms with Crippen LogP contribution in [0.25, 0.3) is 0 Å². The van der Waals surface area contributed by atoms with Crippen LogP contribution >= 0.6 is 0 Å². The molecule has 3 unspecified atom stereocenters. The summed E-state index contributed by atoms with van der Waals surface area (Å²) < 4.78 is 16.8. The van der Waals surface area contributed by atoms with E-state index in [1.807, 2.05) is 26.0 Å². The molecule has 0 spiro atoms. The van der Waals surface area contributed by atoms with Gasteiger partial charge >= 0.3 is 0 Å². The van der Waals surface area contributed by atoms with E-state index in [0.717, 1.165) is 5.75 Å². The molecule has 108 valence electrons. The number of hydrogen-bond donors (Lipinski definition) is 1. The van der Waals surface area contributed by atoms with Crippen LogP contribution in [0.15, 0.2) is 24.3 Å². The molecule has 1 aromatic rings. The van der Waals surface area contributed by atoms with Gasteiger partial charge < -0.3 is 10.1 Å². The summed E-state index contributed by atoms with van der Waals surface area (Å²) in [6, 6.07) is 8.63. The number of benzene rings is 1. The van der Waals surface area contributed by atoms with Gasteiger partial charge in [0.2, 0.25) is 0 Å². The van der Waals surface area contributed by atoms with Crippen LogP contribution in [0.1, 0.15) is 39.3 Å². The topological polar surface area (TPSA) is 38.3 Å². The zero-order chi connectivity index (χ0) is 14.4. The molecule has 1 rings (SSSR count). The Kier molecular flexibility index (Phi) is 6.52. The highest BCUT2D eigenvalue weighted by Gasteiger charge is 2.10. The Bertz CT molecular complexity index is 403. The van der Waals surface area contributed by atoms with Crippen molar-refractivity contribution in [2.24, 2.45) is 0 Å². The first kappa shape index (κ1) is 16.2.